The molecule has 0 fully saturated rings. The molecule has 69 heavy (non-hydrogen) atoms. The maximum Gasteiger partial charge on any atom is 0.417 e. The molecular weight excluding hydrogens is 952 g/mol. The molecule has 0 saturated carbocycles. The fraction of sp³-hybridized carbons (Fsp3) is 0.0909. The molecule has 18 nitrogen and oxygen atoms in total. The van der Waals surface area contributed by atoms with Crippen molar-refractivity contribution in [1.29, 1.82) is 0 Å². The zero-order chi connectivity index (χ0) is 49.2. The zero-order valence-electron chi connectivity index (χ0n) is 35.9. The summed E-state index contributed by atoms with van der Waals surface area (Å²) in [6.45, 7) is 0. The van der Waals surface area contributed by atoms with E-state index in [4.69, 9.17) is 38.4 Å². The number of anilines is 3. The molecule has 0 atom stereocenters. The monoisotopic (exact) mass is 985 g/mol. The largest absolute Gasteiger partial charge is 0.439 e. The Labute approximate surface area is 397 Å². The molecule has 0 bridgehead atoms. The number of hydrogen-bond donors (Lipinski definition) is 3. The van der Waals surface area contributed by atoms with Crippen LogP contribution >= 0.6 is 23.2 Å². The SMILES string of the molecule is Cn1cc(-c2cc(Cl)ncn2)cn1.Cn1cc(-c2cc(Oc3ccc(N)c(F)c3)ncn2)cn1.Cn1cc(-c2cc(Oc3ccc(NC(=O)Nc4ccc(Cl)c(C(F)(F)F)c4)c(F)c3)ncn2)cn1. The number of amides is 2. The predicted molar refractivity (Wildman–Crippen MR) is 244 cm³/mol. The van der Waals surface area contributed by atoms with Crippen LogP contribution in [0.15, 0.2) is 129 Å². The van der Waals surface area contributed by atoms with E-state index in [1.807, 2.05) is 26.5 Å². The fourth-order valence-electron chi connectivity index (χ4n) is 5.84. The molecule has 9 aromatic rings. The van der Waals surface area contributed by atoms with E-state index in [0.29, 0.717) is 34.2 Å². The number of halogens is 7. The topological polar surface area (TPSA) is 216 Å². The van der Waals surface area contributed by atoms with Crippen molar-refractivity contribution in [2.45, 2.75) is 6.18 Å². The zero-order valence-corrected chi connectivity index (χ0v) is 37.5. The molecule has 0 aliphatic carbocycles. The minimum Gasteiger partial charge on any atom is -0.439 e. The number of aryl methyl sites for hydroxylation is 3. The maximum absolute atomic E-state index is 14.5. The van der Waals surface area contributed by atoms with Gasteiger partial charge in [0.25, 0.3) is 0 Å². The molecule has 4 N–H and O–H groups in total. The average molecular weight is 987 g/mol. The molecule has 3 aromatic carbocycles. The van der Waals surface area contributed by atoms with Crippen LogP contribution in [0.25, 0.3) is 33.8 Å². The lowest BCUT2D eigenvalue weighted by Crippen LogP contribution is -2.20. The summed E-state index contributed by atoms with van der Waals surface area (Å²) in [6, 6.07) is 14.7. The van der Waals surface area contributed by atoms with Crippen LogP contribution in [0, 0.1) is 11.6 Å². The number of nitrogen functional groups attached to an aromatic ring is 1. The Morgan fingerprint density at radius 3 is 1.57 bits per heavy atom. The van der Waals surface area contributed by atoms with E-state index in [0.717, 1.165) is 34.5 Å². The summed E-state index contributed by atoms with van der Waals surface area (Å²) in [4.78, 5) is 36.3. The highest BCUT2D eigenvalue weighted by atomic mass is 35.5. The Hall–Kier alpha value is -8.57. The number of aromatic nitrogens is 12. The first-order chi connectivity index (χ1) is 32.9. The van der Waals surface area contributed by atoms with Gasteiger partial charge in [-0.15, -0.1) is 0 Å². The number of hydrogen-bond acceptors (Lipinski definition) is 13. The smallest absolute Gasteiger partial charge is 0.417 e. The molecule has 0 radical (unpaired) electrons. The molecule has 0 unspecified atom stereocenters. The van der Waals surface area contributed by atoms with Crippen LogP contribution < -0.4 is 25.8 Å². The van der Waals surface area contributed by atoms with E-state index >= 15 is 0 Å². The standard InChI is InChI=1S/C22H15ClF4N6O2.C14H12FN5O.C8H7ClN4/c1-33-10-12(9-30-33)19-8-20(29-11-28-19)35-14-3-5-18(17(24)7-14)32-21(34)31-13-2-4-16(23)15(6-13)22(25,26)27;1-20-7-9(6-19-20)13-5-14(18-8-17-13)21-10-2-3-12(16)11(15)4-10;1-13-4-6(3-12-13)7-2-8(9)11-5-10-7/h2-11H,1H3,(H2,31,32,34);2-8H,16H2,1H3;2-5H,1H3. The van der Waals surface area contributed by atoms with E-state index in [-0.39, 0.29) is 28.7 Å². The molecule has 6 heterocycles. The molecule has 25 heteroatoms. The van der Waals surface area contributed by atoms with E-state index in [1.165, 1.54) is 49.3 Å². The van der Waals surface area contributed by atoms with Gasteiger partial charge >= 0.3 is 12.2 Å². The Morgan fingerprint density at radius 2 is 1.10 bits per heavy atom. The van der Waals surface area contributed by atoms with E-state index in [1.54, 1.807) is 70.1 Å². The average Bonchev–Trinajstić information content (AvgIpc) is 4.08. The highest BCUT2D eigenvalue weighted by Crippen LogP contribution is 2.36. The van der Waals surface area contributed by atoms with Gasteiger partial charge in [0, 0.05) is 92.4 Å². The number of carbonyl (C=O) groups excluding carboxylic acids is 1. The van der Waals surface area contributed by atoms with Gasteiger partial charge in [0.15, 0.2) is 0 Å². The second-order valence-corrected chi connectivity index (χ2v) is 15.0. The van der Waals surface area contributed by atoms with Crippen LogP contribution in [0.1, 0.15) is 5.56 Å². The summed E-state index contributed by atoms with van der Waals surface area (Å²) in [5.41, 5.74) is 8.50. The van der Waals surface area contributed by atoms with Crippen LogP contribution in [-0.4, -0.2) is 65.3 Å². The van der Waals surface area contributed by atoms with Crippen LogP contribution in [0.2, 0.25) is 10.2 Å². The summed E-state index contributed by atoms with van der Waals surface area (Å²) < 4.78 is 83.0. The second-order valence-electron chi connectivity index (χ2n) is 14.2. The van der Waals surface area contributed by atoms with E-state index in [9.17, 15) is 26.7 Å². The third-order valence-corrected chi connectivity index (χ3v) is 9.59. The summed E-state index contributed by atoms with van der Waals surface area (Å²) in [5, 5.41) is 16.5. The van der Waals surface area contributed by atoms with Crippen molar-refractivity contribution in [3.63, 3.8) is 0 Å². The Kier molecular flexibility index (Phi) is 15.0. The van der Waals surface area contributed by atoms with Crippen molar-refractivity contribution in [2.75, 3.05) is 16.4 Å². The Balaban J connectivity index is 0.000000173. The van der Waals surface area contributed by atoms with Crippen molar-refractivity contribution in [1.82, 2.24) is 59.2 Å². The van der Waals surface area contributed by atoms with Crippen molar-refractivity contribution in [3.8, 4) is 57.0 Å². The van der Waals surface area contributed by atoms with Gasteiger partial charge in [-0.3, -0.25) is 14.0 Å². The number of urea groups is 1. The normalized spacial score (nSPS) is 10.9. The first-order valence-corrected chi connectivity index (χ1v) is 20.4. The fourth-order valence-corrected chi connectivity index (χ4v) is 6.21. The van der Waals surface area contributed by atoms with Gasteiger partial charge in [-0.2, -0.15) is 28.5 Å². The van der Waals surface area contributed by atoms with Crippen molar-refractivity contribution in [3.05, 3.63) is 156 Å². The van der Waals surface area contributed by atoms with Gasteiger partial charge in [0.05, 0.1) is 57.6 Å². The van der Waals surface area contributed by atoms with Crippen LogP contribution in [0.3, 0.4) is 0 Å². The Morgan fingerprint density at radius 1 is 0.609 bits per heavy atom. The highest BCUT2D eigenvalue weighted by molar-refractivity contribution is 6.31. The summed E-state index contributed by atoms with van der Waals surface area (Å²) in [6.07, 6.45) is 9.90. The number of rotatable bonds is 9. The lowest BCUT2D eigenvalue weighted by molar-refractivity contribution is -0.137. The van der Waals surface area contributed by atoms with Crippen LogP contribution in [0.4, 0.5) is 43.8 Å². The molecule has 2 amide bonds. The number of carbonyl (C=O) groups is 1. The summed E-state index contributed by atoms with van der Waals surface area (Å²) in [5.74, 6) is -0.498. The summed E-state index contributed by atoms with van der Waals surface area (Å²) >= 11 is 11.3. The van der Waals surface area contributed by atoms with Gasteiger partial charge in [0.2, 0.25) is 11.8 Å². The summed E-state index contributed by atoms with van der Waals surface area (Å²) in [7, 11) is 5.43. The third kappa shape index (κ3) is 13.3. The molecule has 0 saturated heterocycles. The van der Waals surface area contributed by atoms with Crippen molar-refractivity contribution in [2.24, 2.45) is 21.1 Å². The van der Waals surface area contributed by atoms with Gasteiger partial charge in [-0.1, -0.05) is 23.2 Å². The number of benzene rings is 3. The van der Waals surface area contributed by atoms with E-state index < -0.39 is 34.4 Å². The van der Waals surface area contributed by atoms with Gasteiger partial charge in [-0.05, 0) is 42.5 Å². The molecule has 9 rings (SSSR count). The van der Waals surface area contributed by atoms with Crippen LogP contribution in [-0.2, 0) is 27.3 Å². The number of nitrogens with two attached hydrogens (primary N) is 1. The van der Waals surface area contributed by atoms with Crippen molar-refractivity contribution >= 4 is 46.3 Å². The predicted octanol–water partition coefficient (Wildman–Crippen LogP) is 10.0. The molecular formula is C44H34Cl2F5N15O3. The number of alkyl halides is 3. The molecule has 0 aliphatic rings. The van der Waals surface area contributed by atoms with Crippen LogP contribution in [0.5, 0.6) is 23.3 Å². The third-order valence-electron chi connectivity index (χ3n) is 9.05. The molecule has 0 aliphatic heterocycles. The first kappa shape index (κ1) is 48.4. The lowest BCUT2D eigenvalue weighted by Gasteiger charge is -2.13. The minimum atomic E-state index is -4.70. The molecule has 0 spiro atoms. The van der Waals surface area contributed by atoms with E-state index in [2.05, 4.69) is 55.8 Å². The number of nitrogens with zero attached hydrogens (tertiary/aromatic N) is 12. The lowest BCUT2D eigenvalue weighted by atomic mass is 10.2. The first-order valence-electron chi connectivity index (χ1n) is 19.7. The van der Waals surface area contributed by atoms with Crippen molar-refractivity contribution < 1.29 is 36.2 Å². The van der Waals surface area contributed by atoms with Gasteiger partial charge in [0.1, 0.15) is 47.3 Å². The highest BCUT2D eigenvalue weighted by Gasteiger charge is 2.33. The Bertz CT molecular complexity index is 3240. The van der Waals surface area contributed by atoms with Gasteiger partial charge in [-0.25, -0.2) is 43.5 Å². The quantitative estimate of drug-likeness (QED) is 0.0698. The minimum absolute atomic E-state index is 0.0705. The molecule has 352 valence electrons. The number of ether oxygens (including phenoxy) is 2. The maximum atomic E-state index is 14.5. The number of nitrogens with one attached hydrogen (secondary N) is 2. The van der Waals surface area contributed by atoms with Gasteiger partial charge < -0.3 is 25.8 Å². The second kappa shape index (κ2) is 21.4. The molecule has 6 aromatic heterocycles.